The van der Waals surface area contributed by atoms with E-state index < -0.39 is 0 Å². The van der Waals surface area contributed by atoms with Crippen LogP contribution >= 0.6 is 12.4 Å². The maximum Gasteiger partial charge on any atom is 0.230 e. The smallest absolute Gasteiger partial charge is 0.230 e. The van der Waals surface area contributed by atoms with Crippen molar-refractivity contribution in [1.82, 2.24) is 4.90 Å². The lowest BCUT2D eigenvalue weighted by Gasteiger charge is -2.33. The summed E-state index contributed by atoms with van der Waals surface area (Å²) in [5.74, 6) is 0.440. The lowest BCUT2D eigenvalue weighted by Crippen LogP contribution is -2.42. The Bertz CT molecular complexity index is 448. The molecule has 0 aromatic heterocycles. The van der Waals surface area contributed by atoms with E-state index in [1.54, 1.807) is 0 Å². The molecule has 0 aliphatic heterocycles. The highest BCUT2D eigenvalue weighted by Gasteiger charge is 2.30. The van der Waals surface area contributed by atoms with Crippen molar-refractivity contribution in [2.24, 2.45) is 17.1 Å². The number of hydrogen-bond acceptors (Lipinski definition) is 2. The van der Waals surface area contributed by atoms with E-state index >= 15 is 0 Å². The lowest BCUT2D eigenvalue weighted by atomic mass is 9.84. The summed E-state index contributed by atoms with van der Waals surface area (Å²) in [6.07, 6.45) is 0.986. The van der Waals surface area contributed by atoms with Gasteiger partial charge in [-0.15, -0.1) is 12.4 Å². The molecule has 4 heteroatoms. The maximum absolute atomic E-state index is 12.9. The van der Waals surface area contributed by atoms with Gasteiger partial charge >= 0.3 is 0 Å². The lowest BCUT2D eigenvalue weighted by molar-refractivity contribution is -0.133. The van der Waals surface area contributed by atoms with Gasteiger partial charge in [0.15, 0.2) is 0 Å². The van der Waals surface area contributed by atoms with E-state index in [0.29, 0.717) is 19.0 Å². The average molecular weight is 327 g/mol. The Labute approximate surface area is 141 Å². The largest absolute Gasteiger partial charge is 0.345 e. The summed E-state index contributed by atoms with van der Waals surface area (Å²) in [6.45, 7) is 9.73. The van der Waals surface area contributed by atoms with Crippen molar-refractivity contribution in [3.8, 4) is 0 Å². The fourth-order valence-electron chi connectivity index (χ4n) is 2.63. The molecule has 0 aliphatic rings. The number of benzene rings is 1. The zero-order chi connectivity index (χ0) is 16.0. The molecule has 0 heterocycles. The van der Waals surface area contributed by atoms with Crippen molar-refractivity contribution < 1.29 is 4.79 Å². The fourth-order valence-corrected chi connectivity index (χ4v) is 2.63. The topological polar surface area (TPSA) is 46.3 Å². The van der Waals surface area contributed by atoms with E-state index in [0.717, 1.165) is 12.0 Å². The minimum absolute atomic E-state index is 0. The molecular weight excluding hydrogens is 296 g/mol. The highest BCUT2D eigenvalue weighted by molar-refractivity contribution is 5.85. The minimum Gasteiger partial charge on any atom is -0.345 e. The van der Waals surface area contributed by atoms with Crippen LogP contribution in [-0.2, 0) is 4.79 Å². The van der Waals surface area contributed by atoms with Crippen LogP contribution in [0.15, 0.2) is 30.3 Å². The summed E-state index contributed by atoms with van der Waals surface area (Å²) in [5.41, 5.74) is 6.84. The Balaban J connectivity index is 0.00000441. The van der Waals surface area contributed by atoms with Crippen LogP contribution in [0.3, 0.4) is 0 Å². The predicted molar refractivity (Wildman–Crippen MR) is 96.4 cm³/mol. The second kappa shape index (κ2) is 9.16. The number of nitrogens with zero attached hydrogens (tertiary/aromatic N) is 1. The molecule has 1 amide bonds. The van der Waals surface area contributed by atoms with Crippen molar-refractivity contribution in [2.75, 3.05) is 20.1 Å². The van der Waals surface area contributed by atoms with E-state index in [9.17, 15) is 4.79 Å². The van der Waals surface area contributed by atoms with Crippen molar-refractivity contribution in [1.29, 1.82) is 0 Å². The zero-order valence-corrected chi connectivity index (χ0v) is 15.3. The van der Waals surface area contributed by atoms with Crippen molar-refractivity contribution in [3.63, 3.8) is 0 Å². The third-order valence-corrected chi connectivity index (χ3v) is 4.23. The highest BCUT2D eigenvalue weighted by atomic mass is 35.5. The number of rotatable bonds is 7. The number of likely N-dealkylation sites (N-methyl/N-ethyl adjacent to an activating group) is 1. The molecule has 0 spiro atoms. The van der Waals surface area contributed by atoms with Gasteiger partial charge in [0.2, 0.25) is 5.91 Å². The molecule has 0 saturated heterocycles. The molecule has 2 N–H and O–H groups in total. The number of carbonyl (C=O) groups is 1. The second-order valence-electron chi connectivity index (χ2n) is 6.84. The Morgan fingerprint density at radius 3 is 2.27 bits per heavy atom. The summed E-state index contributed by atoms with van der Waals surface area (Å²) < 4.78 is 0. The molecule has 2 atom stereocenters. The first kappa shape index (κ1) is 20.9. The zero-order valence-electron chi connectivity index (χ0n) is 14.5. The van der Waals surface area contributed by atoms with E-state index in [1.165, 1.54) is 0 Å². The van der Waals surface area contributed by atoms with Crippen LogP contribution in [0.25, 0.3) is 0 Å². The Morgan fingerprint density at radius 1 is 1.27 bits per heavy atom. The number of halogens is 1. The highest BCUT2D eigenvalue weighted by Crippen LogP contribution is 2.29. The van der Waals surface area contributed by atoms with Gasteiger partial charge in [0.1, 0.15) is 0 Å². The SMILES string of the molecule is CCC(C)C(C(=O)N(C)CC(C)(C)CN)c1ccccc1.Cl. The second-order valence-corrected chi connectivity index (χ2v) is 6.84. The first-order valence-electron chi connectivity index (χ1n) is 7.82. The van der Waals surface area contributed by atoms with Gasteiger partial charge in [-0.25, -0.2) is 0 Å². The molecule has 0 bridgehead atoms. The minimum atomic E-state index is -0.0743. The van der Waals surface area contributed by atoms with Gasteiger partial charge in [-0.1, -0.05) is 64.4 Å². The molecule has 0 aliphatic carbocycles. The molecule has 1 aromatic rings. The van der Waals surface area contributed by atoms with E-state index in [4.69, 9.17) is 5.73 Å². The van der Waals surface area contributed by atoms with Crippen LogP contribution in [0, 0.1) is 11.3 Å². The van der Waals surface area contributed by atoms with Crippen molar-refractivity contribution in [3.05, 3.63) is 35.9 Å². The van der Waals surface area contributed by atoms with Crippen molar-refractivity contribution in [2.45, 2.75) is 40.0 Å². The molecule has 0 radical (unpaired) electrons. The van der Waals surface area contributed by atoms with E-state index in [2.05, 4.69) is 39.8 Å². The molecule has 22 heavy (non-hydrogen) atoms. The molecule has 3 nitrogen and oxygen atoms in total. The standard InChI is InChI=1S/C18H30N2O.ClH/c1-6-14(2)16(15-10-8-7-9-11-15)17(21)20(5)13-18(3,4)12-19;/h7-11,14,16H,6,12-13,19H2,1-5H3;1H. The number of hydrogen-bond donors (Lipinski definition) is 1. The maximum atomic E-state index is 12.9. The third kappa shape index (κ3) is 5.62. The molecule has 1 aromatic carbocycles. The summed E-state index contributed by atoms with van der Waals surface area (Å²) >= 11 is 0. The van der Waals surface area contributed by atoms with E-state index in [1.807, 2.05) is 30.1 Å². The number of carbonyl (C=O) groups excluding carboxylic acids is 1. The van der Waals surface area contributed by atoms with Gasteiger partial charge in [0, 0.05) is 13.6 Å². The van der Waals surface area contributed by atoms with Crippen LogP contribution in [0.1, 0.15) is 45.6 Å². The van der Waals surface area contributed by atoms with Crippen LogP contribution in [0.4, 0.5) is 0 Å². The number of amides is 1. The first-order chi connectivity index (χ1) is 9.82. The summed E-state index contributed by atoms with van der Waals surface area (Å²) in [6, 6.07) is 10.1. The van der Waals surface area contributed by atoms with Crippen LogP contribution in [0.5, 0.6) is 0 Å². The number of nitrogens with two attached hydrogens (primary N) is 1. The first-order valence-corrected chi connectivity index (χ1v) is 7.82. The third-order valence-electron chi connectivity index (χ3n) is 4.23. The van der Waals surface area contributed by atoms with Gasteiger partial charge < -0.3 is 10.6 Å². The molecule has 0 saturated carbocycles. The molecule has 126 valence electrons. The van der Waals surface area contributed by atoms with Gasteiger partial charge in [-0.2, -0.15) is 0 Å². The van der Waals surface area contributed by atoms with Gasteiger partial charge in [-0.05, 0) is 23.4 Å². The van der Waals surface area contributed by atoms with Gasteiger partial charge in [0.25, 0.3) is 0 Å². The summed E-state index contributed by atoms with van der Waals surface area (Å²) in [5, 5.41) is 0. The Morgan fingerprint density at radius 2 is 1.82 bits per heavy atom. The molecule has 1 rings (SSSR count). The monoisotopic (exact) mass is 326 g/mol. The molecule has 2 unspecified atom stereocenters. The van der Waals surface area contributed by atoms with E-state index in [-0.39, 0.29) is 29.6 Å². The summed E-state index contributed by atoms with van der Waals surface area (Å²) in [4.78, 5) is 14.8. The predicted octanol–water partition coefficient (Wildman–Crippen LogP) is 3.68. The van der Waals surface area contributed by atoms with Crippen molar-refractivity contribution >= 4 is 18.3 Å². The summed E-state index contributed by atoms with van der Waals surface area (Å²) in [7, 11) is 1.89. The Kier molecular flexibility index (Phi) is 8.72. The average Bonchev–Trinajstić information content (AvgIpc) is 2.47. The normalized spacial score (nSPS) is 13.9. The van der Waals surface area contributed by atoms with Crippen LogP contribution in [-0.4, -0.2) is 30.9 Å². The van der Waals surface area contributed by atoms with Gasteiger partial charge in [0.05, 0.1) is 5.92 Å². The Hall–Kier alpha value is -1.06. The molecular formula is C18H31ClN2O. The quantitative estimate of drug-likeness (QED) is 0.830. The van der Waals surface area contributed by atoms with Gasteiger partial charge in [-0.3, -0.25) is 4.79 Å². The fraction of sp³-hybridized carbons (Fsp3) is 0.611. The van der Waals surface area contributed by atoms with Crippen LogP contribution < -0.4 is 5.73 Å². The molecule has 0 fully saturated rings. The van der Waals surface area contributed by atoms with Crippen LogP contribution in [0.2, 0.25) is 0 Å².